The number of rotatable bonds is 7. The highest BCUT2D eigenvalue weighted by molar-refractivity contribution is 6.36. The Morgan fingerprint density at radius 3 is 2.75 bits per heavy atom. The molecule has 224 valence electrons. The van der Waals surface area contributed by atoms with E-state index in [9.17, 15) is 10.1 Å². The summed E-state index contributed by atoms with van der Waals surface area (Å²) in [7, 11) is 2.11. The van der Waals surface area contributed by atoms with Gasteiger partial charge in [-0.3, -0.25) is 4.79 Å². The molecular weight excluding hydrogens is 579 g/mol. The van der Waals surface area contributed by atoms with Crippen molar-refractivity contribution in [3.8, 4) is 23.2 Å². The average molecular weight is 611 g/mol. The minimum absolute atomic E-state index is 0.0852. The summed E-state index contributed by atoms with van der Waals surface area (Å²) < 4.78 is 23.0. The Balaban J connectivity index is 1.33. The number of carbonyl (C=O) groups excluding carboxylic acids is 1. The van der Waals surface area contributed by atoms with E-state index in [0.717, 1.165) is 30.3 Å². The number of ether oxygens (including phenoxy) is 1. The van der Waals surface area contributed by atoms with E-state index in [-0.39, 0.29) is 35.3 Å². The number of hydrogen-bond acceptors (Lipinski definition) is 7. The Kier molecular flexibility index (Phi) is 7.14. The molecule has 3 aromatic carbocycles. The fourth-order valence-corrected chi connectivity index (χ4v) is 7.47. The summed E-state index contributed by atoms with van der Waals surface area (Å²) in [6.07, 6.45) is 2.53. The lowest BCUT2D eigenvalue weighted by Crippen LogP contribution is -2.55. The Hall–Kier alpha value is -4.26. The van der Waals surface area contributed by atoms with E-state index in [1.54, 1.807) is 17.0 Å². The summed E-state index contributed by atoms with van der Waals surface area (Å²) in [5.41, 5.74) is 1.30. The lowest BCUT2D eigenvalue weighted by molar-refractivity contribution is -0.128. The van der Waals surface area contributed by atoms with Gasteiger partial charge < -0.3 is 19.4 Å². The van der Waals surface area contributed by atoms with Gasteiger partial charge in [-0.25, -0.2) is 4.39 Å². The third kappa shape index (κ3) is 4.83. The van der Waals surface area contributed by atoms with Gasteiger partial charge in [0.05, 0.1) is 25.1 Å². The van der Waals surface area contributed by atoms with Crippen LogP contribution >= 0.6 is 11.6 Å². The SMILES string of the molecule is C=CC(=O)N1CCN(c2nc(OCC34CC3CN(C)C4)nc3c(F)c(-c4cccc5cccc(Cl)c45)ccc23)C[C@@H]1CC#N. The maximum Gasteiger partial charge on any atom is 0.319 e. The molecule has 10 heteroatoms. The molecule has 0 N–H and O–H groups in total. The number of aromatic nitrogens is 2. The van der Waals surface area contributed by atoms with Crippen LogP contribution in [0.4, 0.5) is 10.2 Å². The lowest BCUT2D eigenvalue weighted by Gasteiger charge is -2.41. The van der Waals surface area contributed by atoms with Crippen LogP contribution in [0, 0.1) is 28.5 Å². The molecule has 1 aromatic heterocycles. The zero-order valence-electron chi connectivity index (χ0n) is 24.5. The number of hydrogen-bond donors (Lipinski definition) is 0. The molecule has 1 saturated carbocycles. The second-order valence-corrected chi connectivity index (χ2v) is 12.7. The number of halogens is 2. The van der Waals surface area contributed by atoms with Crippen molar-refractivity contribution in [2.45, 2.75) is 18.9 Å². The largest absolute Gasteiger partial charge is 0.463 e. The Morgan fingerprint density at radius 2 is 2.00 bits per heavy atom. The van der Waals surface area contributed by atoms with E-state index in [1.165, 1.54) is 6.08 Å². The van der Waals surface area contributed by atoms with Gasteiger partial charge in [-0.15, -0.1) is 0 Å². The summed E-state index contributed by atoms with van der Waals surface area (Å²) in [6.45, 7) is 7.27. The van der Waals surface area contributed by atoms with Crippen LogP contribution in [0.1, 0.15) is 12.8 Å². The van der Waals surface area contributed by atoms with Crippen molar-refractivity contribution >= 4 is 45.0 Å². The summed E-state index contributed by atoms with van der Waals surface area (Å²) >= 11 is 6.61. The fraction of sp³-hybridized carbons (Fsp3) is 0.353. The number of carbonyl (C=O) groups is 1. The van der Waals surface area contributed by atoms with Crippen LogP contribution in [0.2, 0.25) is 5.02 Å². The zero-order chi connectivity index (χ0) is 30.6. The first-order valence-electron chi connectivity index (χ1n) is 14.9. The van der Waals surface area contributed by atoms with Crippen LogP contribution in [0.25, 0.3) is 32.8 Å². The standard InChI is InChI=1S/C34H32ClFN6O2/c1-3-28(43)42-15-14-41(18-23(42)12-13-37)32-26-11-10-25(24-8-4-6-21-7-5-9-27(35)29(21)24)30(36)31(26)38-33(39-32)44-20-34-16-22(34)17-40(2)19-34/h3-11,22-23H,1,12,14-20H2,2H3/t22?,23-,34?/m0/s1. The van der Waals surface area contributed by atoms with E-state index in [1.807, 2.05) is 41.3 Å². The number of piperidine rings is 1. The molecule has 0 radical (unpaired) electrons. The average Bonchev–Trinajstić information content (AvgIpc) is 3.59. The molecule has 4 aromatic rings. The first-order valence-corrected chi connectivity index (χ1v) is 15.2. The fourth-order valence-electron chi connectivity index (χ4n) is 7.19. The van der Waals surface area contributed by atoms with Crippen molar-refractivity contribution in [3.05, 3.63) is 72.0 Å². The van der Waals surface area contributed by atoms with Crippen molar-refractivity contribution in [1.82, 2.24) is 19.8 Å². The van der Waals surface area contributed by atoms with Gasteiger partial charge in [0.15, 0.2) is 5.82 Å². The van der Waals surface area contributed by atoms with Crippen molar-refractivity contribution in [3.63, 3.8) is 0 Å². The second-order valence-electron chi connectivity index (χ2n) is 12.2. The summed E-state index contributed by atoms with van der Waals surface area (Å²) in [4.78, 5) is 28.0. The molecule has 2 unspecified atom stereocenters. The molecule has 3 atom stereocenters. The number of likely N-dealkylation sites (tertiary alicyclic amines) is 1. The lowest BCUT2D eigenvalue weighted by atomic mass is 9.96. The van der Waals surface area contributed by atoms with Gasteiger partial charge in [0.2, 0.25) is 5.91 Å². The normalized spacial score (nSPS) is 23.0. The van der Waals surface area contributed by atoms with Crippen LogP contribution in [-0.2, 0) is 4.79 Å². The molecule has 2 aliphatic heterocycles. The Morgan fingerprint density at radius 1 is 1.18 bits per heavy atom. The number of fused-ring (bicyclic) bond motifs is 3. The van der Waals surface area contributed by atoms with Gasteiger partial charge in [-0.1, -0.05) is 54.6 Å². The molecule has 44 heavy (non-hydrogen) atoms. The van der Waals surface area contributed by atoms with Crippen molar-refractivity contribution in [2.24, 2.45) is 11.3 Å². The number of nitrogens with zero attached hydrogens (tertiary/aromatic N) is 6. The Labute approximate surface area is 260 Å². The maximum atomic E-state index is 16.7. The third-order valence-electron chi connectivity index (χ3n) is 9.44. The zero-order valence-corrected chi connectivity index (χ0v) is 25.2. The van der Waals surface area contributed by atoms with E-state index < -0.39 is 5.82 Å². The monoisotopic (exact) mass is 610 g/mol. The van der Waals surface area contributed by atoms with Gasteiger partial charge in [-0.2, -0.15) is 15.2 Å². The molecule has 3 aliphatic rings. The molecule has 1 aliphatic carbocycles. The summed E-state index contributed by atoms with van der Waals surface area (Å²) in [5.74, 6) is 0.411. The van der Waals surface area contributed by atoms with E-state index in [4.69, 9.17) is 21.3 Å². The molecule has 8 nitrogen and oxygen atoms in total. The summed E-state index contributed by atoms with van der Waals surface area (Å²) in [5, 5.41) is 12.3. The molecule has 0 spiro atoms. The number of anilines is 1. The molecule has 3 heterocycles. The Bertz CT molecular complexity index is 1850. The molecule has 2 saturated heterocycles. The highest BCUT2D eigenvalue weighted by Crippen LogP contribution is 2.57. The summed E-state index contributed by atoms with van der Waals surface area (Å²) in [6, 6.07) is 16.9. The minimum Gasteiger partial charge on any atom is -0.463 e. The smallest absolute Gasteiger partial charge is 0.319 e. The van der Waals surface area contributed by atoms with Gasteiger partial charge in [0.25, 0.3) is 0 Å². The number of piperazine rings is 1. The van der Waals surface area contributed by atoms with E-state index in [0.29, 0.717) is 59.5 Å². The second kappa shape index (κ2) is 11.0. The number of benzene rings is 3. The van der Waals surface area contributed by atoms with Crippen LogP contribution in [-0.4, -0.2) is 78.1 Å². The van der Waals surface area contributed by atoms with Crippen molar-refractivity contribution in [1.29, 1.82) is 5.26 Å². The molecule has 7 rings (SSSR count). The van der Waals surface area contributed by atoms with Crippen LogP contribution in [0.5, 0.6) is 6.01 Å². The topological polar surface area (TPSA) is 85.6 Å². The quantitative estimate of drug-likeness (QED) is 0.249. The van der Waals surface area contributed by atoms with E-state index >= 15 is 4.39 Å². The first kappa shape index (κ1) is 28.5. The highest BCUT2D eigenvalue weighted by Gasteiger charge is 2.59. The third-order valence-corrected chi connectivity index (χ3v) is 9.76. The number of amides is 1. The van der Waals surface area contributed by atoms with Crippen molar-refractivity contribution < 1.29 is 13.9 Å². The number of nitriles is 1. The van der Waals surface area contributed by atoms with Crippen LogP contribution < -0.4 is 9.64 Å². The van der Waals surface area contributed by atoms with Gasteiger partial charge in [0.1, 0.15) is 11.3 Å². The van der Waals surface area contributed by atoms with Crippen LogP contribution in [0.15, 0.2) is 61.2 Å². The maximum absolute atomic E-state index is 16.7. The molecular formula is C34H32ClFN6O2. The van der Waals surface area contributed by atoms with Gasteiger partial charge >= 0.3 is 6.01 Å². The molecule has 0 bridgehead atoms. The van der Waals surface area contributed by atoms with E-state index in [2.05, 4.69) is 29.6 Å². The highest BCUT2D eigenvalue weighted by atomic mass is 35.5. The van der Waals surface area contributed by atoms with Gasteiger partial charge in [-0.05, 0) is 48.5 Å². The minimum atomic E-state index is -0.486. The van der Waals surface area contributed by atoms with Crippen molar-refractivity contribution in [2.75, 3.05) is 51.3 Å². The predicted molar refractivity (Wildman–Crippen MR) is 169 cm³/mol. The predicted octanol–water partition coefficient (Wildman–Crippen LogP) is 5.69. The molecule has 1 amide bonds. The first-order chi connectivity index (χ1) is 21.3. The molecule has 3 fully saturated rings. The van der Waals surface area contributed by atoms with Gasteiger partial charge in [0, 0.05) is 59.5 Å². The van der Waals surface area contributed by atoms with Crippen LogP contribution in [0.3, 0.4) is 0 Å².